The molecule has 0 bridgehead atoms. The number of rotatable bonds is 4. The van der Waals surface area contributed by atoms with Crippen LogP contribution in [0.1, 0.15) is 11.1 Å². The van der Waals surface area contributed by atoms with Gasteiger partial charge in [0.05, 0.1) is 0 Å². The largest absolute Gasteiger partial charge is 0.445 e. The van der Waals surface area contributed by atoms with E-state index in [1.807, 2.05) is 36.4 Å². The van der Waals surface area contributed by atoms with Gasteiger partial charge in [-0.05, 0) is 48.1 Å². The van der Waals surface area contributed by atoms with E-state index in [4.69, 9.17) is 17.0 Å². The Kier molecular flexibility index (Phi) is 5.30. The highest BCUT2D eigenvalue weighted by atomic mass is 32.1. The molecule has 2 aromatic carbocycles. The Morgan fingerprint density at radius 2 is 1.60 bits per heavy atom. The molecule has 0 saturated carbocycles. The number of ether oxygens (including phenoxy) is 1. The van der Waals surface area contributed by atoms with Crippen molar-refractivity contribution in [2.75, 3.05) is 0 Å². The summed E-state index contributed by atoms with van der Waals surface area (Å²) >= 11 is 5.52. The van der Waals surface area contributed by atoms with Gasteiger partial charge in [0.1, 0.15) is 22.2 Å². The summed E-state index contributed by atoms with van der Waals surface area (Å²) in [7, 11) is -2.52. The van der Waals surface area contributed by atoms with E-state index >= 15 is 0 Å². The summed E-state index contributed by atoms with van der Waals surface area (Å²) < 4.78 is 8.73. The van der Waals surface area contributed by atoms with Crippen LogP contribution in [0.4, 0.5) is 0 Å². The molecule has 0 aromatic heterocycles. The van der Waals surface area contributed by atoms with Gasteiger partial charge in [-0.25, -0.2) is 0 Å². The van der Waals surface area contributed by atoms with Crippen LogP contribution in [0, 0.1) is 0 Å². The van der Waals surface area contributed by atoms with E-state index in [0.717, 1.165) is 17.9 Å². The zero-order valence-electron chi connectivity index (χ0n) is 15.6. The predicted molar refractivity (Wildman–Crippen MR) is 115 cm³/mol. The molecular weight excluding hydrogens is 358 g/mol. The van der Waals surface area contributed by atoms with E-state index in [2.05, 4.69) is 48.6 Å². The summed E-state index contributed by atoms with van der Waals surface area (Å²) in [4.78, 5) is 0. The second kappa shape index (κ2) is 7.15. The van der Waals surface area contributed by atoms with E-state index in [9.17, 15) is 0 Å². The molecule has 1 aliphatic rings. The van der Waals surface area contributed by atoms with Crippen LogP contribution in [0.2, 0.25) is 38.3 Å². The summed E-state index contributed by atoms with van der Waals surface area (Å²) in [6.45, 7) is 11.1. The van der Waals surface area contributed by atoms with Gasteiger partial charge in [-0.15, -0.1) is 0 Å². The number of hydrogen-bond acceptors (Lipinski definition) is 3. The molecule has 1 aliphatic heterocycles. The van der Waals surface area contributed by atoms with Gasteiger partial charge in [0, 0.05) is 12.1 Å². The van der Waals surface area contributed by atoms with Crippen molar-refractivity contribution in [3.05, 3.63) is 65.7 Å². The van der Waals surface area contributed by atoms with Crippen LogP contribution in [-0.2, 0) is 6.54 Å². The average molecular weight is 386 g/mol. The number of para-hydroxylation sites is 1. The van der Waals surface area contributed by atoms with E-state index in [-0.39, 0.29) is 0 Å². The van der Waals surface area contributed by atoms with Crippen molar-refractivity contribution in [3.63, 3.8) is 0 Å². The second-order valence-electron chi connectivity index (χ2n) is 8.11. The standard InChI is InChI=1S/C20H27NOSSi2/c1-24(2)13-14-25(3,4)21(24)16-17-9-8-10-18(15-17)20(23)22-19-11-6-5-7-12-19/h5-12,15H,13-14,16H2,1-4H3. The topological polar surface area (TPSA) is 12.5 Å². The lowest BCUT2D eigenvalue weighted by Gasteiger charge is -2.39. The van der Waals surface area contributed by atoms with E-state index in [1.165, 1.54) is 17.7 Å². The van der Waals surface area contributed by atoms with Crippen molar-refractivity contribution in [3.8, 4) is 5.75 Å². The lowest BCUT2D eigenvalue weighted by Crippen LogP contribution is -2.54. The first-order valence-corrected chi connectivity index (χ1v) is 15.6. The molecule has 5 heteroatoms. The van der Waals surface area contributed by atoms with Gasteiger partial charge in [-0.1, -0.05) is 62.6 Å². The number of thiocarbonyl (C=S) groups is 1. The second-order valence-corrected chi connectivity index (χ2v) is 18.3. The minimum atomic E-state index is -1.26. The lowest BCUT2D eigenvalue weighted by molar-refractivity contribution is 0.566. The number of nitrogens with zero attached hydrogens (tertiary/aromatic N) is 1. The molecule has 2 aromatic rings. The van der Waals surface area contributed by atoms with Crippen LogP contribution in [0.25, 0.3) is 0 Å². The molecule has 1 fully saturated rings. The molecular formula is C20H27NOSSi2. The van der Waals surface area contributed by atoms with Gasteiger partial charge in [-0.2, -0.15) is 0 Å². The van der Waals surface area contributed by atoms with Crippen LogP contribution >= 0.6 is 12.2 Å². The van der Waals surface area contributed by atoms with E-state index in [0.29, 0.717) is 5.05 Å². The van der Waals surface area contributed by atoms with Gasteiger partial charge in [0.25, 0.3) is 0 Å². The zero-order chi connectivity index (χ0) is 18.1. The van der Waals surface area contributed by atoms with Crippen molar-refractivity contribution in [1.82, 2.24) is 4.23 Å². The third kappa shape index (κ3) is 4.28. The molecule has 0 aliphatic carbocycles. The molecule has 3 rings (SSSR count). The van der Waals surface area contributed by atoms with E-state index in [1.54, 1.807) is 0 Å². The van der Waals surface area contributed by atoms with Crippen LogP contribution < -0.4 is 4.74 Å². The first kappa shape index (κ1) is 18.5. The van der Waals surface area contributed by atoms with Gasteiger partial charge in [0.15, 0.2) is 5.05 Å². The van der Waals surface area contributed by atoms with E-state index < -0.39 is 16.5 Å². The summed E-state index contributed by atoms with van der Waals surface area (Å²) in [6, 6.07) is 21.2. The van der Waals surface area contributed by atoms with Gasteiger partial charge < -0.3 is 8.97 Å². The highest BCUT2D eigenvalue weighted by Crippen LogP contribution is 2.38. The molecule has 132 valence electrons. The molecule has 0 spiro atoms. The summed E-state index contributed by atoms with van der Waals surface area (Å²) in [5.74, 6) is 0.791. The van der Waals surface area contributed by atoms with Crippen molar-refractivity contribution < 1.29 is 4.74 Å². The highest BCUT2D eigenvalue weighted by Gasteiger charge is 2.46. The molecule has 0 N–H and O–H groups in total. The fourth-order valence-electron chi connectivity index (χ4n) is 3.76. The molecule has 1 heterocycles. The SMILES string of the molecule is C[Si]1(C)CC[Si](C)(C)N1Cc1cccc(C(=S)Oc2ccccc2)c1. The normalized spacial score (nSPS) is 18.9. The summed E-state index contributed by atoms with van der Waals surface area (Å²) in [6.07, 6.45) is 0. The molecule has 2 nitrogen and oxygen atoms in total. The maximum atomic E-state index is 5.84. The smallest absolute Gasteiger partial charge is 0.198 e. The van der Waals surface area contributed by atoms with Crippen LogP contribution in [0.3, 0.4) is 0 Å². The molecule has 0 atom stereocenters. The quantitative estimate of drug-likeness (QED) is 0.497. The maximum Gasteiger partial charge on any atom is 0.198 e. The fourth-order valence-corrected chi connectivity index (χ4v) is 17.9. The Morgan fingerprint density at radius 3 is 2.24 bits per heavy atom. The Hall–Kier alpha value is -1.28. The van der Waals surface area contributed by atoms with Crippen LogP contribution in [-0.4, -0.2) is 25.8 Å². The first-order valence-electron chi connectivity index (χ1n) is 8.92. The minimum absolute atomic E-state index is 0.544. The molecule has 1 saturated heterocycles. The average Bonchev–Trinajstić information content (AvgIpc) is 2.79. The highest BCUT2D eigenvalue weighted by molar-refractivity contribution is 7.80. The predicted octanol–water partition coefficient (Wildman–Crippen LogP) is 5.67. The third-order valence-electron chi connectivity index (χ3n) is 5.27. The fraction of sp³-hybridized carbons (Fsp3) is 0.350. The monoisotopic (exact) mass is 385 g/mol. The van der Waals surface area contributed by atoms with Gasteiger partial charge >= 0.3 is 0 Å². The van der Waals surface area contributed by atoms with Crippen molar-refractivity contribution >= 4 is 33.7 Å². The lowest BCUT2D eigenvalue weighted by atomic mass is 10.1. The molecule has 0 amide bonds. The van der Waals surface area contributed by atoms with Gasteiger partial charge in [-0.3, -0.25) is 0 Å². The Balaban J connectivity index is 1.76. The summed E-state index contributed by atoms with van der Waals surface area (Å²) in [5.41, 5.74) is 2.34. The third-order valence-corrected chi connectivity index (χ3v) is 15.9. The minimum Gasteiger partial charge on any atom is -0.445 e. The Bertz CT molecular complexity index is 745. The molecule has 0 radical (unpaired) electrons. The van der Waals surface area contributed by atoms with Gasteiger partial charge in [0.2, 0.25) is 0 Å². The molecule has 0 unspecified atom stereocenters. The van der Waals surface area contributed by atoms with Crippen molar-refractivity contribution in [1.29, 1.82) is 0 Å². The Morgan fingerprint density at radius 1 is 0.960 bits per heavy atom. The van der Waals surface area contributed by atoms with Crippen LogP contribution in [0.15, 0.2) is 54.6 Å². The molecule has 25 heavy (non-hydrogen) atoms. The van der Waals surface area contributed by atoms with Crippen LogP contribution in [0.5, 0.6) is 5.75 Å². The van der Waals surface area contributed by atoms with Crippen molar-refractivity contribution in [2.45, 2.75) is 44.8 Å². The maximum absolute atomic E-state index is 5.84. The zero-order valence-corrected chi connectivity index (χ0v) is 18.4. The first-order chi connectivity index (χ1) is 11.8. The number of hydrogen-bond donors (Lipinski definition) is 0. The summed E-state index contributed by atoms with van der Waals surface area (Å²) in [5, 5.41) is 0.544. The Labute approximate surface area is 159 Å². The number of benzene rings is 2. The van der Waals surface area contributed by atoms with Crippen molar-refractivity contribution in [2.24, 2.45) is 0 Å².